The van der Waals surface area contributed by atoms with Crippen molar-refractivity contribution >= 4 is 22.5 Å². The molecule has 2 aromatic heterocycles. The summed E-state index contributed by atoms with van der Waals surface area (Å²) < 4.78 is 65.3. The Bertz CT molecular complexity index is 1210. The third kappa shape index (κ3) is 5.09. The van der Waals surface area contributed by atoms with Crippen LogP contribution in [0.3, 0.4) is 0 Å². The molecule has 0 unspecified atom stereocenters. The largest absolute Gasteiger partial charge is 0.479 e. The molecule has 3 heterocycles. The summed E-state index contributed by atoms with van der Waals surface area (Å²) in [5.74, 6) is -0.147. The maximum Gasteiger partial charge on any atom is 0.419 e. The second-order valence-electron chi connectivity index (χ2n) is 8.50. The van der Waals surface area contributed by atoms with Gasteiger partial charge in [0.15, 0.2) is 5.65 Å². The molecule has 4 rings (SSSR count). The highest BCUT2D eigenvalue weighted by molar-refractivity contribution is 5.90. The van der Waals surface area contributed by atoms with E-state index in [2.05, 4.69) is 25.2 Å². The summed E-state index contributed by atoms with van der Waals surface area (Å²) in [6.07, 6.45) is -2.90. The Morgan fingerprint density at radius 1 is 1.11 bits per heavy atom. The van der Waals surface area contributed by atoms with Crippen molar-refractivity contribution in [1.29, 1.82) is 0 Å². The van der Waals surface area contributed by atoms with Crippen molar-refractivity contribution in [3.05, 3.63) is 47.0 Å². The molecule has 1 fully saturated rings. The summed E-state index contributed by atoms with van der Waals surface area (Å²) in [6, 6.07) is 4.29. The molecule has 3 aromatic rings. The standard InChI is InChI=1S/C24H27F4N5O2/c1-13(16-6-5-7-18(20(16)25)24(26,27)28)29-21-17-12-19(33-10-8-15(34-3)9-11-33)23(35-4)32-22(17)31-14(2)30-21/h5-7,12-13,15H,8-11H2,1-4H3,(H,29,30,31,32)/t13-/m1/s1. The van der Waals surface area contributed by atoms with E-state index in [4.69, 9.17) is 9.47 Å². The van der Waals surface area contributed by atoms with Gasteiger partial charge in [0.2, 0.25) is 5.88 Å². The molecular weight excluding hydrogens is 466 g/mol. The van der Waals surface area contributed by atoms with E-state index < -0.39 is 23.6 Å². The van der Waals surface area contributed by atoms with Crippen molar-refractivity contribution in [1.82, 2.24) is 15.0 Å². The van der Waals surface area contributed by atoms with Crippen LogP contribution < -0.4 is 15.0 Å². The minimum Gasteiger partial charge on any atom is -0.479 e. The topological polar surface area (TPSA) is 72.4 Å². The summed E-state index contributed by atoms with van der Waals surface area (Å²) in [5, 5.41) is 3.62. The molecule has 35 heavy (non-hydrogen) atoms. The third-order valence-corrected chi connectivity index (χ3v) is 6.21. The van der Waals surface area contributed by atoms with Gasteiger partial charge in [-0.1, -0.05) is 12.1 Å². The molecule has 1 saturated heterocycles. The lowest BCUT2D eigenvalue weighted by atomic mass is 10.0. The smallest absolute Gasteiger partial charge is 0.419 e. The van der Waals surface area contributed by atoms with Gasteiger partial charge in [-0.25, -0.2) is 14.4 Å². The number of benzene rings is 1. The molecule has 11 heteroatoms. The van der Waals surface area contributed by atoms with E-state index in [1.54, 1.807) is 21.0 Å². The zero-order valence-electron chi connectivity index (χ0n) is 19.9. The first-order chi connectivity index (χ1) is 16.6. The fourth-order valence-electron chi connectivity index (χ4n) is 4.34. The van der Waals surface area contributed by atoms with Gasteiger partial charge < -0.3 is 19.7 Å². The molecule has 0 spiro atoms. The monoisotopic (exact) mass is 493 g/mol. The Morgan fingerprint density at radius 2 is 1.83 bits per heavy atom. The van der Waals surface area contributed by atoms with E-state index >= 15 is 0 Å². The van der Waals surface area contributed by atoms with Gasteiger partial charge in [0.25, 0.3) is 0 Å². The Morgan fingerprint density at radius 3 is 2.46 bits per heavy atom. The highest BCUT2D eigenvalue weighted by Crippen LogP contribution is 2.37. The van der Waals surface area contributed by atoms with E-state index in [0.29, 0.717) is 28.6 Å². The number of hydrogen-bond acceptors (Lipinski definition) is 7. The predicted molar refractivity (Wildman–Crippen MR) is 124 cm³/mol. The maximum absolute atomic E-state index is 14.7. The molecule has 188 valence electrons. The average molecular weight is 494 g/mol. The number of rotatable bonds is 6. The van der Waals surface area contributed by atoms with Gasteiger partial charge in [0.05, 0.1) is 30.2 Å². The van der Waals surface area contributed by atoms with Crippen LogP contribution >= 0.6 is 0 Å². The minimum absolute atomic E-state index is 0.118. The van der Waals surface area contributed by atoms with Gasteiger partial charge in [-0.2, -0.15) is 18.2 Å². The number of ether oxygens (including phenoxy) is 2. The van der Waals surface area contributed by atoms with Crippen molar-refractivity contribution in [2.75, 3.05) is 37.5 Å². The number of alkyl halides is 3. The predicted octanol–water partition coefficient (Wildman–Crippen LogP) is 5.29. The van der Waals surface area contributed by atoms with Crippen molar-refractivity contribution in [3.8, 4) is 5.88 Å². The first kappa shape index (κ1) is 24.9. The lowest BCUT2D eigenvalue weighted by molar-refractivity contribution is -0.140. The highest BCUT2D eigenvalue weighted by atomic mass is 19.4. The fraction of sp³-hybridized carbons (Fsp3) is 0.458. The van der Waals surface area contributed by atoms with Gasteiger partial charge in [-0.3, -0.25) is 0 Å². The summed E-state index contributed by atoms with van der Waals surface area (Å²) in [7, 11) is 3.23. The maximum atomic E-state index is 14.7. The van der Waals surface area contributed by atoms with E-state index in [9.17, 15) is 17.6 Å². The highest BCUT2D eigenvalue weighted by Gasteiger charge is 2.35. The Hall–Kier alpha value is -3.21. The van der Waals surface area contributed by atoms with Crippen LogP contribution in [0.1, 0.15) is 42.8 Å². The summed E-state index contributed by atoms with van der Waals surface area (Å²) in [6.45, 7) is 4.74. The van der Waals surface area contributed by atoms with Crippen LogP contribution in [-0.4, -0.2) is 48.4 Å². The first-order valence-electron chi connectivity index (χ1n) is 11.3. The van der Waals surface area contributed by atoms with Crippen LogP contribution in [-0.2, 0) is 10.9 Å². The number of nitrogens with one attached hydrogen (secondary N) is 1. The van der Waals surface area contributed by atoms with Crippen molar-refractivity contribution in [2.24, 2.45) is 0 Å². The number of halogens is 4. The molecule has 1 aliphatic rings. The first-order valence-corrected chi connectivity index (χ1v) is 11.3. The van der Waals surface area contributed by atoms with E-state index in [1.165, 1.54) is 19.2 Å². The summed E-state index contributed by atoms with van der Waals surface area (Å²) in [4.78, 5) is 15.5. The van der Waals surface area contributed by atoms with Crippen LogP contribution in [0.25, 0.3) is 11.0 Å². The van der Waals surface area contributed by atoms with Gasteiger partial charge in [0, 0.05) is 25.8 Å². The van der Waals surface area contributed by atoms with Gasteiger partial charge >= 0.3 is 6.18 Å². The van der Waals surface area contributed by atoms with Crippen LogP contribution in [0, 0.1) is 12.7 Å². The van der Waals surface area contributed by atoms with Gasteiger partial charge in [-0.05, 0) is 38.8 Å². The number of anilines is 2. The molecule has 1 aromatic carbocycles. The van der Waals surface area contributed by atoms with E-state index in [0.717, 1.165) is 37.7 Å². The fourth-order valence-corrected chi connectivity index (χ4v) is 4.34. The number of nitrogens with zero attached hydrogens (tertiary/aromatic N) is 4. The Labute approximate surface area is 200 Å². The Balaban J connectivity index is 1.73. The second-order valence-corrected chi connectivity index (χ2v) is 8.50. The number of methoxy groups -OCH3 is 2. The molecule has 1 N–H and O–H groups in total. The van der Waals surface area contributed by atoms with Crippen molar-refractivity contribution in [2.45, 2.75) is 45.0 Å². The Kier molecular flexibility index (Phi) is 6.98. The zero-order chi connectivity index (χ0) is 25.3. The molecule has 1 atom stereocenters. The van der Waals surface area contributed by atoms with Crippen LogP contribution in [0.15, 0.2) is 24.3 Å². The average Bonchev–Trinajstić information content (AvgIpc) is 2.82. The lowest BCUT2D eigenvalue weighted by Crippen LogP contribution is -2.36. The summed E-state index contributed by atoms with van der Waals surface area (Å²) >= 11 is 0. The molecule has 0 bridgehead atoms. The van der Waals surface area contributed by atoms with Gasteiger partial charge in [0.1, 0.15) is 23.1 Å². The molecule has 0 saturated carbocycles. The van der Waals surface area contributed by atoms with Crippen LogP contribution in [0.2, 0.25) is 0 Å². The third-order valence-electron chi connectivity index (χ3n) is 6.21. The van der Waals surface area contributed by atoms with E-state index in [1.807, 2.05) is 6.07 Å². The molecule has 0 radical (unpaired) electrons. The second kappa shape index (κ2) is 9.80. The quantitative estimate of drug-likeness (QED) is 0.468. The van der Waals surface area contributed by atoms with E-state index in [-0.39, 0.29) is 11.7 Å². The number of hydrogen-bond donors (Lipinski definition) is 1. The zero-order valence-corrected chi connectivity index (χ0v) is 19.9. The number of fused-ring (bicyclic) bond motifs is 1. The van der Waals surface area contributed by atoms with Crippen LogP contribution in [0.4, 0.5) is 29.1 Å². The number of aryl methyl sites for hydroxylation is 1. The SMILES string of the molecule is COc1nc2nc(C)nc(N[C@H](C)c3cccc(C(F)(F)F)c3F)c2cc1N1CCC(OC)CC1. The molecule has 1 aliphatic heterocycles. The minimum atomic E-state index is -4.79. The summed E-state index contributed by atoms with van der Waals surface area (Å²) in [5.41, 5.74) is -0.305. The lowest BCUT2D eigenvalue weighted by Gasteiger charge is -2.33. The van der Waals surface area contributed by atoms with Crippen molar-refractivity contribution in [3.63, 3.8) is 0 Å². The molecule has 0 aliphatic carbocycles. The molecular formula is C24H27F4N5O2. The molecule has 7 nitrogen and oxygen atoms in total. The van der Waals surface area contributed by atoms with Crippen LogP contribution in [0.5, 0.6) is 5.88 Å². The van der Waals surface area contributed by atoms with Gasteiger partial charge in [-0.15, -0.1) is 0 Å². The number of aromatic nitrogens is 3. The number of pyridine rings is 1. The van der Waals surface area contributed by atoms with Crippen molar-refractivity contribution < 1.29 is 27.0 Å². The normalized spacial score (nSPS) is 15.9. The number of piperidine rings is 1. The molecule has 0 amide bonds.